The summed E-state index contributed by atoms with van der Waals surface area (Å²) < 4.78 is 0. The molecule has 1 aromatic heterocycles. The number of nitrogens with zero attached hydrogens (tertiary/aromatic N) is 3. The van der Waals surface area contributed by atoms with Crippen molar-refractivity contribution in [3.05, 3.63) is 24.3 Å². The maximum Gasteiger partial charge on any atom is 0.0753 e. The van der Waals surface area contributed by atoms with Gasteiger partial charge in [0.15, 0.2) is 0 Å². The Morgan fingerprint density at radius 3 is 2.82 bits per heavy atom. The fourth-order valence-corrected chi connectivity index (χ4v) is 2.25. The SMILES string of the molecule is CC(NCC1CCN(C)CC1)c1cnccn1. The molecule has 1 N–H and O–H groups in total. The number of likely N-dealkylation sites (tertiary alicyclic amines) is 1. The van der Waals surface area contributed by atoms with E-state index in [1.165, 1.54) is 25.9 Å². The Morgan fingerprint density at radius 1 is 1.41 bits per heavy atom. The lowest BCUT2D eigenvalue weighted by Gasteiger charge is -2.29. The van der Waals surface area contributed by atoms with Crippen LogP contribution < -0.4 is 5.32 Å². The standard InChI is InChI=1S/C13H22N4/c1-11(13-10-14-5-6-15-13)16-9-12-3-7-17(2)8-4-12/h5-6,10-12,16H,3-4,7-9H2,1-2H3. The topological polar surface area (TPSA) is 41.0 Å². The second kappa shape index (κ2) is 6.07. The Bertz CT molecular complexity index is 319. The molecule has 17 heavy (non-hydrogen) atoms. The smallest absolute Gasteiger partial charge is 0.0753 e. The van der Waals surface area contributed by atoms with Crippen LogP contribution in [0.25, 0.3) is 0 Å². The number of aromatic nitrogens is 2. The van der Waals surface area contributed by atoms with Gasteiger partial charge in [-0.3, -0.25) is 9.97 Å². The molecule has 1 saturated heterocycles. The van der Waals surface area contributed by atoms with E-state index < -0.39 is 0 Å². The van der Waals surface area contributed by atoms with Crippen LogP contribution in [0, 0.1) is 5.92 Å². The molecular formula is C13H22N4. The van der Waals surface area contributed by atoms with E-state index in [2.05, 4.69) is 34.2 Å². The molecule has 0 saturated carbocycles. The zero-order valence-electron chi connectivity index (χ0n) is 10.8. The number of rotatable bonds is 4. The van der Waals surface area contributed by atoms with E-state index in [1.54, 1.807) is 12.4 Å². The Hall–Kier alpha value is -1.00. The summed E-state index contributed by atoms with van der Waals surface area (Å²) in [6.45, 7) is 5.70. The second-order valence-corrected chi connectivity index (χ2v) is 5.01. The Kier molecular flexibility index (Phi) is 4.45. The molecule has 1 aliphatic rings. The maximum atomic E-state index is 4.32. The van der Waals surface area contributed by atoms with E-state index >= 15 is 0 Å². The van der Waals surface area contributed by atoms with Crippen LogP contribution in [0.1, 0.15) is 31.5 Å². The highest BCUT2D eigenvalue weighted by atomic mass is 15.1. The molecule has 1 unspecified atom stereocenters. The fraction of sp³-hybridized carbons (Fsp3) is 0.692. The van der Waals surface area contributed by atoms with E-state index in [-0.39, 0.29) is 0 Å². The third-order valence-electron chi connectivity index (χ3n) is 3.58. The molecule has 2 heterocycles. The van der Waals surface area contributed by atoms with Crippen LogP contribution in [0.5, 0.6) is 0 Å². The highest BCUT2D eigenvalue weighted by Gasteiger charge is 2.17. The van der Waals surface area contributed by atoms with Crippen molar-refractivity contribution in [2.45, 2.75) is 25.8 Å². The second-order valence-electron chi connectivity index (χ2n) is 5.01. The van der Waals surface area contributed by atoms with Crippen molar-refractivity contribution >= 4 is 0 Å². The van der Waals surface area contributed by atoms with Crippen LogP contribution in [0.3, 0.4) is 0 Å². The first kappa shape index (κ1) is 12.5. The lowest BCUT2D eigenvalue weighted by Crippen LogP contribution is -2.35. The number of nitrogens with one attached hydrogen (secondary N) is 1. The van der Waals surface area contributed by atoms with Crippen molar-refractivity contribution in [2.75, 3.05) is 26.7 Å². The number of hydrogen-bond donors (Lipinski definition) is 1. The van der Waals surface area contributed by atoms with Gasteiger partial charge in [0.25, 0.3) is 0 Å². The molecule has 0 bridgehead atoms. The van der Waals surface area contributed by atoms with Crippen molar-refractivity contribution in [1.29, 1.82) is 0 Å². The van der Waals surface area contributed by atoms with E-state index in [0.29, 0.717) is 6.04 Å². The molecule has 94 valence electrons. The van der Waals surface area contributed by atoms with Crippen molar-refractivity contribution < 1.29 is 0 Å². The summed E-state index contributed by atoms with van der Waals surface area (Å²) in [6, 6.07) is 0.295. The molecule has 2 rings (SSSR count). The maximum absolute atomic E-state index is 4.32. The molecule has 1 aliphatic heterocycles. The van der Waals surface area contributed by atoms with Crippen LogP contribution >= 0.6 is 0 Å². The monoisotopic (exact) mass is 234 g/mol. The molecule has 1 fully saturated rings. The van der Waals surface area contributed by atoms with Gasteiger partial charge in [-0.1, -0.05) is 0 Å². The summed E-state index contributed by atoms with van der Waals surface area (Å²) in [5.41, 5.74) is 1.03. The lowest BCUT2D eigenvalue weighted by atomic mass is 9.97. The molecule has 4 nitrogen and oxygen atoms in total. The number of piperidine rings is 1. The molecule has 0 amide bonds. The summed E-state index contributed by atoms with van der Waals surface area (Å²) in [7, 11) is 2.20. The highest BCUT2D eigenvalue weighted by Crippen LogP contribution is 2.16. The third-order valence-corrected chi connectivity index (χ3v) is 3.58. The van der Waals surface area contributed by atoms with Crippen LogP contribution in [0.15, 0.2) is 18.6 Å². The Balaban J connectivity index is 1.75. The van der Waals surface area contributed by atoms with Gasteiger partial charge in [0.1, 0.15) is 0 Å². The van der Waals surface area contributed by atoms with Crippen molar-refractivity contribution in [1.82, 2.24) is 20.2 Å². The minimum atomic E-state index is 0.295. The molecular weight excluding hydrogens is 212 g/mol. The van der Waals surface area contributed by atoms with Crippen LogP contribution in [-0.2, 0) is 0 Å². The van der Waals surface area contributed by atoms with E-state index in [4.69, 9.17) is 0 Å². The van der Waals surface area contributed by atoms with E-state index in [1.807, 2.05) is 6.20 Å². The Labute approximate surface area is 103 Å². The van der Waals surface area contributed by atoms with Crippen molar-refractivity contribution in [2.24, 2.45) is 5.92 Å². The van der Waals surface area contributed by atoms with Crippen molar-refractivity contribution in [3.63, 3.8) is 0 Å². The summed E-state index contributed by atoms with van der Waals surface area (Å²) in [5, 5.41) is 3.56. The largest absolute Gasteiger partial charge is 0.309 e. The zero-order valence-corrected chi connectivity index (χ0v) is 10.8. The van der Waals surface area contributed by atoms with Gasteiger partial charge in [0.05, 0.1) is 5.69 Å². The molecule has 0 spiro atoms. The minimum Gasteiger partial charge on any atom is -0.309 e. The van der Waals surface area contributed by atoms with Gasteiger partial charge in [0, 0.05) is 24.6 Å². The van der Waals surface area contributed by atoms with E-state index in [9.17, 15) is 0 Å². The van der Waals surface area contributed by atoms with Gasteiger partial charge in [-0.05, 0) is 52.4 Å². The predicted molar refractivity (Wildman–Crippen MR) is 68.7 cm³/mol. The van der Waals surface area contributed by atoms with Gasteiger partial charge in [-0.2, -0.15) is 0 Å². The van der Waals surface area contributed by atoms with Gasteiger partial charge in [-0.25, -0.2) is 0 Å². The molecule has 1 aromatic rings. The average molecular weight is 234 g/mol. The first-order valence-corrected chi connectivity index (χ1v) is 6.43. The Morgan fingerprint density at radius 2 is 2.18 bits per heavy atom. The quantitative estimate of drug-likeness (QED) is 0.856. The molecule has 0 radical (unpaired) electrons. The first-order chi connectivity index (χ1) is 8.25. The minimum absolute atomic E-state index is 0.295. The van der Waals surface area contributed by atoms with Gasteiger partial charge >= 0.3 is 0 Å². The van der Waals surface area contributed by atoms with E-state index in [0.717, 1.165) is 18.2 Å². The van der Waals surface area contributed by atoms with Gasteiger partial charge in [-0.15, -0.1) is 0 Å². The van der Waals surface area contributed by atoms with Crippen LogP contribution in [0.2, 0.25) is 0 Å². The van der Waals surface area contributed by atoms with Crippen LogP contribution in [-0.4, -0.2) is 41.5 Å². The third kappa shape index (κ3) is 3.75. The first-order valence-electron chi connectivity index (χ1n) is 6.43. The predicted octanol–water partition coefficient (Wildman–Crippen LogP) is 1.47. The number of hydrogen-bond acceptors (Lipinski definition) is 4. The zero-order chi connectivity index (χ0) is 12.1. The summed E-state index contributed by atoms with van der Waals surface area (Å²) in [5.74, 6) is 0.810. The average Bonchev–Trinajstić information content (AvgIpc) is 2.39. The molecule has 1 atom stereocenters. The van der Waals surface area contributed by atoms with Gasteiger partial charge < -0.3 is 10.2 Å². The summed E-state index contributed by atoms with van der Waals surface area (Å²) >= 11 is 0. The normalized spacial score (nSPS) is 20.4. The molecule has 0 aliphatic carbocycles. The highest BCUT2D eigenvalue weighted by molar-refractivity contribution is 5.00. The lowest BCUT2D eigenvalue weighted by molar-refractivity contribution is 0.213. The fourth-order valence-electron chi connectivity index (χ4n) is 2.25. The van der Waals surface area contributed by atoms with Crippen LogP contribution in [0.4, 0.5) is 0 Å². The molecule has 0 aromatic carbocycles. The summed E-state index contributed by atoms with van der Waals surface area (Å²) in [6.07, 6.45) is 7.91. The van der Waals surface area contributed by atoms with Crippen molar-refractivity contribution in [3.8, 4) is 0 Å². The summed E-state index contributed by atoms with van der Waals surface area (Å²) in [4.78, 5) is 10.8. The van der Waals surface area contributed by atoms with Gasteiger partial charge in [0.2, 0.25) is 0 Å². The molecule has 4 heteroatoms.